The summed E-state index contributed by atoms with van der Waals surface area (Å²) in [5.74, 6) is 0.824. The van der Waals surface area contributed by atoms with Crippen LogP contribution in [-0.2, 0) is 0 Å². The SMILES string of the molecule is Cc1cccnc1C(NC1CCN(C(=O)c2ccncc2)CC1)C1CC1. The van der Waals surface area contributed by atoms with Crippen molar-refractivity contribution < 1.29 is 4.79 Å². The van der Waals surface area contributed by atoms with Gasteiger partial charge in [-0.2, -0.15) is 0 Å². The number of hydrogen-bond acceptors (Lipinski definition) is 4. The van der Waals surface area contributed by atoms with Gasteiger partial charge in [0.05, 0.1) is 11.7 Å². The Hall–Kier alpha value is -2.27. The van der Waals surface area contributed by atoms with E-state index in [1.165, 1.54) is 24.1 Å². The first-order valence-corrected chi connectivity index (χ1v) is 9.59. The van der Waals surface area contributed by atoms with E-state index in [4.69, 9.17) is 0 Å². The van der Waals surface area contributed by atoms with Gasteiger partial charge in [0.1, 0.15) is 0 Å². The average Bonchev–Trinajstić information content (AvgIpc) is 3.53. The van der Waals surface area contributed by atoms with Crippen molar-refractivity contribution >= 4 is 5.91 Å². The van der Waals surface area contributed by atoms with Gasteiger partial charge in [-0.25, -0.2) is 0 Å². The van der Waals surface area contributed by atoms with Crippen LogP contribution in [0.1, 0.15) is 53.3 Å². The van der Waals surface area contributed by atoms with Crippen molar-refractivity contribution in [3.63, 3.8) is 0 Å². The van der Waals surface area contributed by atoms with Crippen LogP contribution in [0, 0.1) is 12.8 Å². The number of hydrogen-bond donors (Lipinski definition) is 1. The Bertz CT molecular complexity index is 752. The Morgan fingerprint density at radius 3 is 2.50 bits per heavy atom. The Morgan fingerprint density at radius 1 is 1.12 bits per heavy atom. The Labute approximate surface area is 154 Å². The zero-order valence-corrected chi connectivity index (χ0v) is 15.3. The van der Waals surface area contributed by atoms with Gasteiger partial charge in [0, 0.05) is 43.3 Å². The van der Waals surface area contributed by atoms with Crippen LogP contribution in [0.4, 0.5) is 0 Å². The number of likely N-dealkylation sites (tertiary alicyclic amines) is 1. The maximum Gasteiger partial charge on any atom is 0.253 e. The van der Waals surface area contributed by atoms with Crippen molar-refractivity contribution in [3.05, 3.63) is 59.7 Å². The van der Waals surface area contributed by atoms with Gasteiger partial charge in [-0.15, -0.1) is 0 Å². The van der Waals surface area contributed by atoms with Gasteiger partial charge < -0.3 is 10.2 Å². The molecule has 1 saturated carbocycles. The maximum atomic E-state index is 12.6. The van der Waals surface area contributed by atoms with Crippen LogP contribution in [0.15, 0.2) is 42.9 Å². The summed E-state index contributed by atoms with van der Waals surface area (Å²) in [4.78, 5) is 23.2. The zero-order chi connectivity index (χ0) is 17.9. The van der Waals surface area contributed by atoms with Crippen molar-refractivity contribution in [2.24, 2.45) is 5.92 Å². The molecule has 0 spiro atoms. The molecule has 5 nitrogen and oxygen atoms in total. The molecule has 3 heterocycles. The molecule has 2 aliphatic rings. The summed E-state index contributed by atoms with van der Waals surface area (Å²) < 4.78 is 0. The van der Waals surface area contributed by atoms with Crippen LogP contribution >= 0.6 is 0 Å². The second-order valence-electron chi connectivity index (χ2n) is 7.49. The fourth-order valence-electron chi connectivity index (χ4n) is 3.87. The molecule has 1 aliphatic carbocycles. The van der Waals surface area contributed by atoms with Crippen molar-refractivity contribution in [2.75, 3.05) is 13.1 Å². The highest BCUT2D eigenvalue weighted by Gasteiger charge is 2.36. The first kappa shape index (κ1) is 17.2. The van der Waals surface area contributed by atoms with E-state index < -0.39 is 0 Å². The van der Waals surface area contributed by atoms with Crippen LogP contribution < -0.4 is 5.32 Å². The number of piperidine rings is 1. The number of aromatic nitrogens is 2. The van der Waals surface area contributed by atoms with Gasteiger partial charge in [-0.1, -0.05) is 6.07 Å². The molecule has 1 atom stereocenters. The second kappa shape index (κ2) is 7.54. The first-order valence-electron chi connectivity index (χ1n) is 9.59. The van der Waals surface area contributed by atoms with Gasteiger partial charge in [-0.05, 0) is 62.3 Å². The molecule has 4 rings (SSSR count). The standard InChI is InChI=1S/C21H26N4O/c1-15-3-2-10-23-19(15)20(16-4-5-16)24-18-8-13-25(14-9-18)21(26)17-6-11-22-12-7-17/h2-3,6-7,10-12,16,18,20,24H,4-5,8-9,13-14H2,1H3. The number of pyridine rings is 2. The topological polar surface area (TPSA) is 58.1 Å². The highest BCUT2D eigenvalue weighted by molar-refractivity contribution is 5.94. The van der Waals surface area contributed by atoms with E-state index >= 15 is 0 Å². The maximum absolute atomic E-state index is 12.6. The first-order chi connectivity index (χ1) is 12.7. The molecule has 2 fully saturated rings. The monoisotopic (exact) mass is 350 g/mol. The predicted octanol–water partition coefficient (Wildman–Crippen LogP) is 3.13. The minimum atomic E-state index is 0.116. The number of carbonyl (C=O) groups is 1. The lowest BCUT2D eigenvalue weighted by atomic mass is 9.98. The fraction of sp³-hybridized carbons (Fsp3) is 0.476. The molecule has 0 radical (unpaired) electrons. The number of aryl methyl sites for hydroxylation is 1. The summed E-state index contributed by atoms with van der Waals surface area (Å²) >= 11 is 0. The molecular formula is C21H26N4O. The van der Waals surface area contributed by atoms with E-state index in [1.54, 1.807) is 24.5 Å². The molecule has 26 heavy (non-hydrogen) atoms. The van der Waals surface area contributed by atoms with Crippen molar-refractivity contribution in [2.45, 2.75) is 44.7 Å². The Balaban J connectivity index is 1.37. The number of nitrogens with zero attached hydrogens (tertiary/aromatic N) is 3. The minimum Gasteiger partial charge on any atom is -0.339 e. The largest absolute Gasteiger partial charge is 0.339 e. The number of nitrogens with one attached hydrogen (secondary N) is 1. The summed E-state index contributed by atoms with van der Waals surface area (Å²) in [5.41, 5.74) is 3.19. The summed E-state index contributed by atoms with van der Waals surface area (Å²) in [6.45, 7) is 3.75. The Morgan fingerprint density at radius 2 is 1.85 bits per heavy atom. The fourth-order valence-corrected chi connectivity index (χ4v) is 3.87. The van der Waals surface area contributed by atoms with Crippen LogP contribution in [0.2, 0.25) is 0 Å². The van der Waals surface area contributed by atoms with Crippen molar-refractivity contribution in [1.82, 2.24) is 20.2 Å². The third-order valence-electron chi connectivity index (χ3n) is 5.56. The Kier molecular flexibility index (Phi) is 4.98. The molecule has 136 valence electrons. The molecule has 1 aliphatic heterocycles. The van der Waals surface area contributed by atoms with Crippen molar-refractivity contribution in [3.8, 4) is 0 Å². The van der Waals surface area contributed by atoms with Crippen LogP contribution in [0.25, 0.3) is 0 Å². The summed E-state index contributed by atoms with van der Waals surface area (Å²) in [7, 11) is 0. The molecule has 0 bridgehead atoms. The average molecular weight is 350 g/mol. The molecule has 1 N–H and O–H groups in total. The van der Waals surface area contributed by atoms with E-state index in [1.807, 2.05) is 17.2 Å². The smallest absolute Gasteiger partial charge is 0.253 e. The molecule has 1 saturated heterocycles. The van der Waals surface area contributed by atoms with Crippen LogP contribution in [-0.4, -0.2) is 39.9 Å². The van der Waals surface area contributed by atoms with Gasteiger partial charge >= 0.3 is 0 Å². The van der Waals surface area contributed by atoms with Gasteiger partial charge in [-0.3, -0.25) is 14.8 Å². The van der Waals surface area contributed by atoms with Crippen molar-refractivity contribution in [1.29, 1.82) is 0 Å². The predicted molar refractivity (Wildman–Crippen MR) is 101 cm³/mol. The quantitative estimate of drug-likeness (QED) is 0.900. The normalized spacial score (nSPS) is 19.3. The molecule has 5 heteroatoms. The number of amides is 1. The van der Waals surface area contributed by atoms with Crippen LogP contribution in [0.5, 0.6) is 0 Å². The minimum absolute atomic E-state index is 0.116. The molecule has 2 aromatic heterocycles. The third kappa shape index (κ3) is 3.78. The van der Waals surface area contributed by atoms with Gasteiger partial charge in [0.2, 0.25) is 0 Å². The third-order valence-corrected chi connectivity index (χ3v) is 5.56. The zero-order valence-electron chi connectivity index (χ0n) is 15.3. The lowest BCUT2D eigenvalue weighted by molar-refractivity contribution is 0.0700. The van der Waals surface area contributed by atoms with Gasteiger partial charge in [0.15, 0.2) is 0 Å². The lowest BCUT2D eigenvalue weighted by Crippen LogP contribution is -2.46. The molecule has 2 aromatic rings. The summed E-state index contributed by atoms with van der Waals surface area (Å²) in [6.07, 6.45) is 9.81. The van der Waals surface area contributed by atoms with E-state index in [2.05, 4.69) is 28.3 Å². The number of carbonyl (C=O) groups excluding carboxylic acids is 1. The number of rotatable bonds is 5. The van der Waals surface area contributed by atoms with Gasteiger partial charge in [0.25, 0.3) is 5.91 Å². The van der Waals surface area contributed by atoms with Crippen LogP contribution in [0.3, 0.4) is 0 Å². The van der Waals surface area contributed by atoms with E-state index in [0.29, 0.717) is 18.0 Å². The van der Waals surface area contributed by atoms with E-state index in [9.17, 15) is 4.79 Å². The van der Waals surface area contributed by atoms with E-state index in [0.717, 1.165) is 31.5 Å². The second-order valence-corrected chi connectivity index (χ2v) is 7.49. The molecule has 1 unspecified atom stereocenters. The summed E-state index contributed by atoms with van der Waals surface area (Å²) in [6, 6.07) is 8.54. The van der Waals surface area contributed by atoms with E-state index in [-0.39, 0.29) is 5.91 Å². The lowest BCUT2D eigenvalue weighted by Gasteiger charge is -2.35. The molecule has 0 aromatic carbocycles. The molecule has 1 amide bonds. The summed E-state index contributed by atoms with van der Waals surface area (Å²) in [5, 5.41) is 3.86. The molecular weight excluding hydrogens is 324 g/mol. The highest BCUT2D eigenvalue weighted by Crippen LogP contribution is 2.41. The highest BCUT2D eigenvalue weighted by atomic mass is 16.2.